The molecule has 6 heteroatoms. The molecule has 0 spiro atoms. The van der Waals surface area contributed by atoms with Gasteiger partial charge < -0.3 is 9.73 Å². The Morgan fingerprint density at radius 2 is 2.24 bits per heavy atom. The Kier molecular flexibility index (Phi) is 4.20. The summed E-state index contributed by atoms with van der Waals surface area (Å²) in [7, 11) is 0. The monoisotopic (exact) mass is 302 g/mol. The Balaban J connectivity index is 1.73. The number of aromatic nitrogens is 1. The SMILES string of the molecule is N#CC1CNCCN1Cc1coc(-c2ccc(Cl)cc2)n1. The molecular weight excluding hydrogens is 288 g/mol. The number of nitriles is 1. The quantitative estimate of drug-likeness (QED) is 0.942. The van der Waals surface area contributed by atoms with Gasteiger partial charge in [0.05, 0.1) is 11.8 Å². The average Bonchev–Trinajstić information content (AvgIpc) is 2.97. The molecule has 0 bridgehead atoms. The van der Waals surface area contributed by atoms with Gasteiger partial charge in [0.2, 0.25) is 5.89 Å². The lowest BCUT2D eigenvalue weighted by Crippen LogP contribution is -2.50. The van der Waals surface area contributed by atoms with E-state index in [-0.39, 0.29) is 6.04 Å². The largest absolute Gasteiger partial charge is 0.444 e. The molecule has 0 saturated carbocycles. The maximum Gasteiger partial charge on any atom is 0.226 e. The van der Waals surface area contributed by atoms with Crippen molar-refractivity contribution in [1.29, 1.82) is 5.26 Å². The second kappa shape index (κ2) is 6.27. The third-order valence-electron chi connectivity index (χ3n) is 3.51. The van der Waals surface area contributed by atoms with Gasteiger partial charge >= 0.3 is 0 Å². The number of rotatable bonds is 3. The zero-order chi connectivity index (χ0) is 14.7. The molecule has 1 aromatic heterocycles. The van der Waals surface area contributed by atoms with E-state index < -0.39 is 0 Å². The molecule has 3 rings (SSSR count). The van der Waals surface area contributed by atoms with Crippen molar-refractivity contribution in [3.8, 4) is 17.5 Å². The number of hydrogen-bond acceptors (Lipinski definition) is 5. The number of oxazole rings is 1. The summed E-state index contributed by atoms with van der Waals surface area (Å²) in [5, 5.41) is 13.1. The van der Waals surface area contributed by atoms with Crippen LogP contribution in [-0.4, -0.2) is 35.6 Å². The lowest BCUT2D eigenvalue weighted by molar-refractivity contribution is 0.187. The molecule has 1 unspecified atom stereocenters. The van der Waals surface area contributed by atoms with Gasteiger partial charge in [0.25, 0.3) is 0 Å². The van der Waals surface area contributed by atoms with E-state index >= 15 is 0 Å². The van der Waals surface area contributed by atoms with Crippen LogP contribution in [0.4, 0.5) is 0 Å². The molecule has 1 aliphatic rings. The molecule has 0 aliphatic carbocycles. The first-order valence-electron chi connectivity index (χ1n) is 6.81. The number of hydrogen-bond donors (Lipinski definition) is 1. The maximum atomic E-state index is 9.16. The second-order valence-electron chi connectivity index (χ2n) is 4.97. The van der Waals surface area contributed by atoms with Gasteiger partial charge in [-0.2, -0.15) is 5.26 Å². The molecule has 1 aromatic carbocycles. The minimum atomic E-state index is -0.116. The standard InChI is InChI=1S/C15H15ClN4O/c16-12-3-1-11(2-4-12)15-19-13(10-21-15)9-20-6-5-18-8-14(20)7-17/h1-4,10,14,18H,5-6,8-9H2. The van der Waals surface area contributed by atoms with Crippen molar-refractivity contribution in [2.75, 3.05) is 19.6 Å². The van der Waals surface area contributed by atoms with Gasteiger partial charge in [-0.25, -0.2) is 4.98 Å². The Morgan fingerprint density at radius 3 is 3.00 bits per heavy atom. The van der Waals surface area contributed by atoms with Crippen LogP contribution < -0.4 is 5.32 Å². The molecule has 1 aliphatic heterocycles. The molecule has 0 amide bonds. The van der Waals surface area contributed by atoms with E-state index in [9.17, 15) is 0 Å². The second-order valence-corrected chi connectivity index (χ2v) is 5.41. The molecule has 0 radical (unpaired) electrons. The van der Waals surface area contributed by atoms with Gasteiger partial charge in [0, 0.05) is 36.8 Å². The fraction of sp³-hybridized carbons (Fsp3) is 0.333. The van der Waals surface area contributed by atoms with Crippen LogP contribution >= 0.6 is 11.6 Å². The minimum Gasteiger partial charge on any atom is -0.444 e. The van der Waals surface area contributed by atoms with Gasteiger partial charge in [-0.15, -0.1) is 0 Å². The molecule has 2 aromatic rings. The van der Waals surface area contributed by atoms with Crippen LogP contribution in [0.3, 0.4) is 0 Å². The van der Waals surface area contributed by atoms with Gasteiger partial charge in [0.15, 0.2) is 0 Å². The number of piperazine rings is 1. The molecule has 5 nitrogen and oxygen atoms in total. The van der Waals surface area contributed by atoms with Gasteiger partial charge in [0.1, 0.15) is 12.3 Å². The smallest absolute Gasteiger partial charge is 0.226 e. The van der Waals surface area contributed by atoms with Crippen molar-refractivity contribution >= 4 is 11.6 Å². The molecule has 2 heterocycles. The van der Waals surface area contributed by atoms with Crippen molar-refractivity contribution in [2.45, 2.75) is 12.6 Å². The zero-order valence-electron chi connectivity index (χ0n) is 11.4. The van der Waals surface area contributed by atoms with E-state index in [1.807, 2.05) is 24.3 Å². The van der Waals surface area contributed by atoms with Gasteiger partial charge in [-0.05, 0) is 24.3 Å². The third kappa shape index (κ3) is 3.24. The predicted molar refractivity (Wildman–Crippen MR) is 79.6 cm³/mol. The van der Waals surface area contributed by atoms with E-state index in [0.717, 1.165) is 24.3 Å². The Labute approximate surface area is 128 Å². The van der Waals surface area contributed by atoms with Crippen LogP contribution in [0, 0.1) is 11.3 Å². The normalized spacial score (nSPS) is 19.3. The van der Waals surface area contributed by atoms with Crippen molar-refractivity contribution in [3.05, 3.63) is 41.2 Å². The van der Waals surface area contributed by atoms with Crippen LogP contribution in [0.25, 0.3) is 11.5 Å². The van der Waals surface area contributed by atoms with Crippen LogP contribution in [0.15, 0.2) is 34.9 Å². The summed E-state index contributed by atoms with van der Waals surface area (Å²) in [4.78, 5) is 6.60. The Bertz CT molecular complexity index is 646. The summed E-state index contributed by atoms with van der Waals surface area (Å²) in [6.45, 7) is 3.04. The summed E-state index contributed by atoms with van der Waals surface area (Å²) in [6, 6.07) is 9.56. The molecule has 1 N–H and O–H groups in total. The van der Waals surface area contributed by atoms with Crippen LogP contribution in [-0.2, 0) is 6.54 Å². The van der Waals surface area contributed by atoms with E-state index in [1.54, 1.807) is 6.26 Å². The first kappa shape index (κ1) is 14.1. The first-order chi connectivity index (χ1) is 10.3. The summed E-state index contributed by atoms with van der Waals surface area (Å²) in [5.41, 5.74) is 1.73. The van der Waals surface area contributed by atoms with E-state index in [2.05, 4.69) is 21.3 Å². The zero-order valence-corrected chi connectivity index (χ0v) is 12.2. The summed E-state index contributed by atoms with van der Waals surface area (Å²) in [5.74, 6) is 0.574. The predicted octanol–water partition coefficient (Wildman–Crippen LogP) is 2.29. The molecule has 1 saturated heterocycles. The van der Waals surface area contributed by atoms with Crippen molar-refractivity contribution in [1.82, 2.24) is 15.2 Å². The highest BCUT2D eigenvalue weighted by Crippen LogP contribution is 2.21. The Morgan fingerprint density at radius 1 is 1.43 bits per heavy atom. The van der Waals surface area contributed by atoms with Crippen molar-refractivity contribution < 1.29 is 4.42 Å². The fourth-order valence-electron chi connectivity index (χ4n) is 2.38. The highest BCUT2D eigenvalue weighted by Gasteiger charge is 2.22. The van der Waals surface area contributed by atoms with Gasteiger partial charge in [-0.3, -0.25) is 4.90 Å². The van der Waals surface area contributed by atoms with Crippen LogP contribution in [0.1, 0.15) is 5.69 Å². The highest BCUT2D eigenvalue weighted by molar-refractivity contribution is 6.30. The van der Waals surface area contributed by atoms with E-state index in [4.69, 9.17) is 21.3 Å². The minimum absolute atomic E-state index is 0.116. The maximum absolute atomic E-state index is 9.16. The molecular formula is C15H15ClN4O. The number of nitrogens with one attached hydrogen (secondary N) is 1. The highest BCUT2D eigenvalue weighted by atomic mass is 35.5. The summed E-state index contributed by atoms with van der Waals surface area (Å²) in [6.07, 6.45) is 1.65. The first-order valence-corrected chi connectivity index (χ1v) is 7.19. The van der Waals surface area contributed by atoms with Crippen molar-refractivity contribution in [2.24, 2.45) is 0 Å². The average molecular weight is 303 g/mol. The van der Waals surface area contributed by atoms with E-state index in [0.29, 0.717) is 24.0 Å². The fourth-order valence-corrected chi connectivity index (χ4v) is 2.50. The lowest BCUT2D eigenvalue weighted by atomic mass is 10.2. The Hall–Kier alpha value is -1.87. The molecule has 1 atom stereocenters. The van der Waals surface area contributed by atoms with Crippen molar-refractivity contribution in [3.63, 3.8) is 0 Å². The third-order valence-corrected chi connectivity index (χ3v) is 3.76. The molecule has 1 fully saturated rings. The lowest BCUT2D eigenvalue weighted by Gasteiger charge is -2.30. The van der Waals surface area contributed by atoms with Crippen LogP contribution in [0.5, 0.6) is 0 Å². The topological polar surface area (TPSA) is 65.1 Å². The number of benzene rings is 1. The van der Waals surface area contributed by atoms with Gasteiger partial charge in [-0.1, -0.05) is 11.6 Å². The summed E-state index contributed by atoms with van der Waals surface area (Å²) < 4.78 is 5.52. The molecule has 108 valence electrons. The number of nitrogens with zero attached hydrogens (tertiary/aromatic N) is 3. The molecule has 21 heavy (non-hydrogen) atoms. The van der Waals surface area contributed by atoms with Crippen LogP contribution in [0.2, 0.25) is 5.02 Å². The number of halogens is 1. The summed E-state index contributed by atoms with van der Waals surface area (Å²) >= 11 is 5.87. The van der Waals surface area contributed by atoms with E-state index in [1.165, 1.54) is 0 Å².